The Hall–Kier alpha value is -2.04. The second kappa shape index (κ2) is 7.32. The van der Waals surface area contributed by atoms with E-state index in [4.69, 9.17) is 0 Å². The lowest BCUT2D eigenvalue weighted by Crippen LogP contribution is -2.42. The standard InChI is InChI=1S/C13H18N2O3/c1-3-15(10-12(16)18-2)13(17)14-9-11-7-5-4-6-8-11/h4-8H,3,9-10H2,1-2H3,(H,14,17). The maximum atomic E-state index is 11.8. The molecule has 5 heteroatoms. The van der Waals surface area contributed by atoms with Gasteiger partial charge in [0.1, 0.15) is 6.54 Å². The summed E-state index contributed by atoms with van der Waals surface area (Å²) in [5, 5.41) is 2.76. The lowest BCUT2D eigenvalue weighted by molar-refractivity contribution is -0.141. The van der Waals surface area contributed by atoms with Gasteiger partial charge in [0.15, 0.2) is 0 Å². The van der Waals surface area contributed by atoms with E-state index in [0.717, 1.165) is 5.56 Å². The topological polar surface area (TPSA) is 58.6 Å². The maximum Gasteiger partial charge on any atom is 0.325 e. The van der Waals surface area contributed by atoms with E-state index in [1.165, 1.54) is 12.0 Å². The van der Waals surface area contributed by atoms with Gasteiger partial charge in [-0.3, -0.25) is 4.79 Å². The Morgan fingerprint density at radius 2 is 1.94 bits per heavy atom. The number of urea groups is 1. The van der Waals surface area contributed by atoms with Crippen LogP contribution in [0.25, 0.3) is 0 Å². The second-order valence-corrected chi connectivity index (χ2v) is 3.73. The van der Waals surface area contributed by atoms with Gasteiger partial charge in [-0.05, 0) is 12.5 Å². The fourth-order valence-corrected chi connectivity index (χ4v) is 1.43. The van der Waals surface area contributed by atoms with E-state index < -0.39 is 5.97 Å². The van der Waals surface area contributed by atoms with Crippen LogP contribution in [-0.4, -0.2) is 37.1 Å². The zero-order valence-corrected chi connectivity index (χ0v) is 10.7. The van der Waals surface area contributed by atoms with E-state index in [9.17, 15) is 9.59 Å². The van der Waals surface area contributed by atoms with Crippen molar-refractivity contribution in [3.63, 3.8) is 0 Å². The minimum Gasteiger partial charge on any atom is -0.468 e. The number of carbonyl (C=O) groups excluding carboxylic acids is 2. The van der Waals surface area contributed by atoms with Crippen LogP contribution in [0.2, 0.25) is 0 Å². The van der Waals surface area contributed by atoms with Crippen LogP contribution in [0.15, 0.2) is 30.3 Å². The molecule has 0 aromatic heterocycles. The summed E-state index contributed by atoms with van der Waals surface area (Å²) in [5.41, 5.74) is 1.01. The number of nitrogens with one attached hydrogen (secondary N) is 1. The fourth-order valence-electron chi connectivity index (χ4n) is 1.43. The molecule has 0 saturated carbocycles. The molecule has 1 aromatic carbocycles. The molecule has 0 aliphatic carbocycles. The number of likely N-dealkylation sites (N-methyl/N-ethyl adjacent to an activating group) is 1. The molecule has 0 unspecified atom stereocenters. The highest BCUT2D eigenvalue weighted by molar-refractivity contribution is 5.80. The average molecular weight is 250 g/mol. The van der Waals surface area contributed by atoms with Crippen molar-refractivity contribution in [2.24, 2.45) is 0 Å². The summed E-state index contributed by atoms with van der Waals surface area (Å²) in [6.07, 6.45) is 0. The predicted molar refractivity (Wildman–Crippen MR) is 67.9 cm³/mol. The SMILES string of the molecule is CCN(CC(=O)OC)C(=O)NCc1ccccc1. The van der Waals surface area contributed by atoms with Crippen LogP contribution in [0.3, 0.4) is 0 Å². The van der Waals surface area contributed by atoms with Gasteiger partial charge in [0.2, 0.25) is 0 Å². The van der Waals surface area contributed by atoms with Gasteiger partial charge in [0, 0.05) is 13.1 Å². The number of ether oxygens (including phenoxy) is 1. The third kappa shape index (κ3) is 4.45. The van der Waals surface area contributed by atoms with E-state index in [-0.39, 0.29) is 12.6 Å². The summed E-state index contributed by atoms with van der Waals surface area (Å²) in [6, 6.07) is 9.32. The van der Waals surface area contributed by atoms with Gasteiger partial charge in [-0.25, -0.2) is 4.79 Å². The van der Waals surface area contributed by atoms with Crippen molar-refractivity contribution >= 4 is 12.0 Å². The van der Waals surface area contributed by atoms with E-state index in [0.29, 0.717) is 13.1 Å². The van der Waals surface area contributed by atoms with Crippen molar-refractivity contribution in [3.05, 3.63) is 35.9 Å². The van der Waals surface area contributed by atoms with Crippen molar-refractivity contribution in [1.29, 1.82) is 0 Å². The summed E-state index contributed by atoms with van der Waals surface area (Å²) in [6.45, 7) is 2.67. The number of nitrogens with zero attached hydrogens (tertiary/aromatic N) is 1. The van der Waals surface area contributed by atoms with Gasteiger partial charge in [0.25, 0.3) is 0 Å². The van der Waals surface area contributed by atoms with Crippen LogP contribution < -0.4 is 5.32 Å². The Morgan fingerprint density at radius 1 is 1.28 bits per heavy atom. The average Bonchev–Trinajstić information content (AvgIpc) is 2.42. The molecular formula is C13H18N2O3. The zero-order valence-electron chi connectivity index (χ0n) is 10.7. The first kappa shape index (κ1) is 14.0. The van der Waals surface area contributed by atoms with Gasteiger partial charge in [-0.1, -0.05) is 30.3 Å². The molecule has 1 rings (SSSR count). The summed E-state index contributed by atoms with van der Waals surface area (Å²) in [4.78, 5) is 24.3. The first-order valence-electron chi connectivity index (χ1n) is 5.81. The van der Waals surface area contributed by atoms with E-state index in [2.05, 4.69) is 10.1 Å². The van der Waals surface area contributed by atoms with Crippen molar-refractivity contribution in [2.75, 3.05) is 20.2 Å². The molecule has 0 fully saturated rings. The summed E-state index contributed by atoms with van der Waals surface area (Å²) in [5.74, 6) is -0.424. The summed E-state index contributed by atoms with van der Waals surface area (Å²) < 4.78 is 4.53. The van der Waals surface area contributed by atoms with Crippen LogP contribution in [0.1, 0.15) is 12.5 Å². The first-order valence-corrected chi connectivity index (χ1v) is 5.81. The molecule has 0 atom stereocenters. The Morgan fingerprint density at radius 3 is 2.50 bits per heavy atom. The number of amides is 2. The van der Waals surface area contributed by atoms with Crippen LogP contribution in [0.5, 0.6) is 0 Å². The Labute approximate surface area is 107 Å². The molecule has 0 radical (unpaired) electrons. The number of carbonyl (C=O) groups is 2. The van der Waals surface area contributed by atoms with Gasteiger partial charge < -0.3 is 15.0 Å². The molecule has 1 aromatic rings. The normalized spacial score (nSPS) is 9.67. The highest BCUT2D eigenvalue weighted by atomic mass is 16.5. The predicted octanol–water partition coefficient (Wildman–Crippen LogP) is 1.39. The lowest BCUT2D eigenvalue weighted by Gasteiger charge is -2.19. The third-order valence-electron chi connectivity index (χ3n) is 2.50. The molecule has 5 nitrogen and oxygen atoms in total. The first-order chi connectivity index (χ1) is 8.67. The van der Waals surface area contributed by atoms with Crippen molar-refractivity contribution in [2.45, 2.75) is 13.5 Å². The van der Waals surface area contributed by atoms with Crippen LogP contribution in [0.4, 0.5) is 4.79 Å². The van der Waals surface area contributed by atoms with E-state index in [1.54, 1.807) is 0 Å². The number of esters is 1. The van der Waals surface area contributed by atoms with Gasteiger partial charge in [-0.2, -0.15) is 0 Å². The Balaban J connectivity index is 2.45. The molecule has 2 amide bonds. The number of methoxy groups -OCH3 is 1. The molecule has 1 N–H and O–H groups in total. The smallest absolute Gasteiger partial charge is 0.325 e. The van der Waals surface area contributed by atoms with Crippen LogP contribution >= 0.6 is 0 Å². The van der Waals surface area contributed by atoms with Crippen molar-refractivity contribution in [1.82, 2.24) is 10.2 Å². The number of hydrogen-bond acceptors (Lipinski definition) is 3. The number of rotatable bonds is 5. The minimum absolute atomic E-state index is 0.0341. The van der Waals surface area contributed by atoms with E-state index in [1.807, 2.05) is 37.3 Å². The van der Waals surface area contributed by atoms with Crippen molar-refractivity contribution < 1.29 is 14.3 Å². The molecule has 98 valence electrons. The lowest BCUT2D eigenvalue weighted by atomic mass is 10.2. The number of benzene rings is 1. The minimum atomic E-state index is -0.424. The molecule has 18 heavy (non-hydrogen) atoms. The van der Waals surface area contributed by atoms with Gasteiger partial charge in [-0.15, -0.1) is 0 Å². The fraction of sp³-hybridized carbons (Fsp3) is 0.385. The Kier molecular flexibility index (Phi) is 5.70. The molecule has 0 spiro atoms. The third-order valence-corrected chi connectivity index (χ3v) is 2.50. The van der Waals surface area contributed by atoms with Gasteiger partial charge in [0.05, 0.1) is 7.11 Å². The molecule has 0 saturated heterocycles. The maximum absolute atomic E-state index is 11.8. The van der Waals surface area contributed by atoms with Gasteiger partial charge >= 0.3 is 12.0 Å². The molecule has 0 aliphatic rings. The number of hydrogen-bond donors (Lipinski definition) is 1. The van der Waals surface area contributed by atoms with E-state index >= 15 is 0 Å². The quantitative estimate of drug-likeness (QED) is 0.803. The highest BCUT2D eigenvalue weighted by Crippen LogP contribution is 1.98. The largest absolute Gasteiger partial charge is 0.468 e. The highest BCUT2D eigenvalue weighted by Gasteiger charge is 2.14. The van der Waals surface area contributed by atoms with Crippen molar-refractivity contribution in [3.8, 4) is 0 Å². The molecular weight excluding hydrogens is 232 g/mol. The zero-order chi connectivity index (χ0) is 13.4. The second-order valence-electron chi connectivity index (χ2n) is 3.73. The Bertz CT molecular complexity index is 392. The van der Waals surface area contributed by atoms with Crippen LogP contribution in [0, 0.1) is 0 Å². The monoisotopic (exact) mass is 250 g/mol. The molecule has 0 aliphatic heterocycles. The molecule has 0 heterocycles. The summed E-state index contributed by atoms with van der Waals surface area (Å²) >= 11 is 0. The molecule has 0 bridgehead atoms. The summed E-state index contributed by atoms with van der Waals surface area (Å²) in [7, 11) is 1.30. The van der Waals surface area contributed by atoms with Crippen LogP contribution in [-0.2, 0) is 16.1 Å².